The third-order valence-corrected chi connectivity index (χ3v) is 4.04. The van der Waals surface area contributed by atoms with Crippen LogP contribution in [0.25, 0.3) is 0 Å². The van der Waals surface area contributed by atoms with Gasteiger partial charge in [0.2, 0.25) is 11.8 Å². The van der Waals surface area contributed by atoms with Gasteiger partial charge in [0.05, 0.1) is 5.54 Å². The van der Waals surface area contributed by atoms with E-state index in [0.717, 1.165) is 25.7 Å². The Hall–Kier alpha value is -1.10. The molecule has 19 heavy (non-hydrogen) atoms. The number of nitrogens with zero attached hydrogens (tertiary/aromatic N) is 1. The van der Waals surface area contributed by atoms with Gasteiger partial charge in [-0.3, -0.25) is 9.59 Å². The molecule has 3 N–H and O–H groups in total. The normalized spacial score (nSPS) is 17.2. The topological polar surface area (TPSA) is 75.4 Å². The van der Waals surface area contributed by atoms with Crippen LogP contribution < -0.4 is 11.1 Å². The maximum Gasteiger partial charge on any atom is 0.223 e. The van der Waals surface area contributed by atoms with Gasteiger partial charge in [-0.1, -0.05) is 12.8 Å². The van der Waals surface area contributed by atoms with Crippen LogP contribution in [0.4, 0.5) is 0 Å². The van der Waals surface area contributed by atoms with Crippen molar-refractivity contribution in [3.05, 3.63) is 0 Å². The fraction of sp³-hybridized carbons (Fsp3) is 0.857. The molecule has 0 atom stereocenters. The average Bonchev–Trinajstić information content (AvgIpc) is 2.87. The molecule has 0 unspecified atom stereocenters. The second-order valence-corrected chi connectivity index (χ2v) is 5.31. The van der Waals surface area contributed by atoms with Gasteiger partial charge in [-0.25, -0.2) is 0 Å². The highest BCUT2D eigenvalue weighted by atomic mass is 16.2. The molecule has 0 bridgehead atoms. The fourth-order valence-corrected chi connectivity index (χ4v) is 2.75. The molecule has 0 aromatic carbocycles. The second kappa shape index (κ2) is 7.48. The van der Waals surface area contributed by atoms with Gasteiger partial charge in [0.25, 0.3) is 0 Å². The van der Waals surface area contributed by atoms with E-state index in [0.29, 0.717) is 19.6 Å². The molecule has 2 amide bonds. The highest BCUT2D eigenvalue weighted by Gasteiger charge is 2.33. The van der Waals surface area contributed by atoms with Gasteiger partial charge >= 0.3 is 0 Å². The Morgan fingerprint density at radius 1 is 1.16 bits per heavy atom. The monoisotopic (exact) mass is 269 g/mol. The summed E-state index contributed by atoms with van der Waals surface area (Å²) >= 11 is 0. The zero-order valence-electron chi connectivity index (χ0n) is 12.2. The smallest absolute Gasteiger partial charge is 0.223 e. The van der Waals surface area contributed by atoms with Crippen molar-refractivity contribution in [2.45, 2.75) is 57.9 Å². The first kappa shape index (κ1) is 16.0. The first-order valence-electron chi connectivity index (χ1n) is 7.35. The van der Waals surface area contributed by atoms with Crippen molar-refractivity contribution >= 4 is 11.8 Å². The van der Waals surface area contributed by atoms with E-state index in [4.69, 9.17) is 5.73 Å². The minimum Gasteiger partial charge on any atom is -0.349 e. The van der Waals surface area contributed by atoms with Crippen LogP contribution in [0, 0.1) is 0 Å². The van der Waals surface area contributed by atoms with Crippen LogP contribution in [-0.4, -0.2) is 41.9 Å². The van der Waals surface area contributed by atoms with Gasteiger partial charge in [-0.2, -0.15) is 0 Å². The third-order valence-electron chi connectivity index (χ3n) is 4.04. The molecule has 5 heteroatoms. The molecule has 1 rings (SSSR count). The SMILES string of the molecule is CCN(CC)C(=O)CCC(=O)NC1(CN)CCCC1. The minimum atomic E-state index is -0.213. The summed E-state index contributed by atoms with van der Waals surface area (Å²) in [6, 6.07) is 0. The second-order valence-electron chi connectivity index (χ2n) is 5.31. The molecule has 0 aromatic rings. The van der Waals surface area contributed by atoms with Gasteiger partial charge in [-0.05, 0) is 26.7 Å². The molecule has 0 aromatic heterocycles. The number of rotatable bonds is 7. The summed E-state index contributed by atoms with van der Waals surface area (Å²) < 4.78 is 0. The van der Waals surface area contributed by atoms with Crippen LogP contribution in [0.15, 0.2) is 0 Å². The Balaban J connectivity index is 2.37. The first-order chi connectivity index (χ1) is 9.06. The number of carbonyl (C=O) groups is 2. The lowest BCUT2D eigenvalue weighted by Crippen LogP contribution is -2.51. The van der Waals surface area contributed by atoms with Crippen molar-refractivity contribution in [1.82, 2.24) is 10.2 Å². The molecule has 0 saturated heterocycles. The highest BCUT2D eigenvalue weighted by molar-refractivity contribution is 5.84. The van der Waals surface area contributed by atoms with E-state index in [1.807, 2.05) is 13.8 Å². The summed E-state index contributed by atoms with van der Waals surface area (Å²) in [7, 11) is 0. The van der Waals surface area contributed by atoms with E-state index in [-0.39, 0.29) is 30.2 Å². The van der Waals surface area contributed by atoms with Gasteiger partial charge in [0.15, 0.2) is 0 Å². The molecular weight excluding hydrogens is 242 g/mol. The van der Waals surface area contributed by atoms with Gasteiger partial charge in [0, 0.05) is 32.5 Å². The Bertz CT molecular complexity index is 308. The number of hydrogen-bond acceptors (Lipinski definition) is 3. The van der Waals surface area contributed by atoms with E-state index < -0.39 is 0 Å². The molecule has 0 heterocycles. The van der Waals surface area contributed by atoms with E-state index in [1.165, 1.54) is 0 Å². The molecule has 0 spiro atoms. The zero-order valence-corrected chi connectivity index (χ0v) is 12.2. The molecule has 0 radical (unpaired) electrons. The predicted molar refractivity (Wildman–Crippen MR) is 75.6 cm³/mol. The summed E-state index contributed by atoms with van der Waals surface area (Å²) in [6.07, 6.45) is 4.70. The zero-order chi connectivity index (χ0) is 14.3. The van der Waals surface area contributed by atoms with Crippen molar-refractivity contribution in [3.8, 4) is 0 Å². The van der Waals surface area contributed by atoms with Crippen molar-refractivity contribution in [2.24, 2.45) is 5.73 Å². The van der Waals surface area contributed by atoms with Crippen LogP contribution >= 0.6 is 0 Å². The van der Waals surface area contributed by atoms with Crippen LogP contribution in [0.2, 0.25) is 0 Å². The molecule has 1 aliphatic carbocycles. The van der Waals surface area contributed by atoms with Gasteiger partial charge < -0.3 is 16.0 Å². The summed E-state index contributed by atoms with van der Waals surface area (Å²) in [6.45, 7) is 5.78. The Labute approximate surface area is 115 Å². The number of nitrogens with one attached hydrogen (secondary N) is 1. The van der Waals surface area contributed by atoms with Crippen molar-refractivity contribution in [3.63, 3.8) is 0 Å². The molecule has 1 aliphatic rings. The van der Waals surface area contributed by atoms with E-state index in [9.17, 15) is 9.59 Å². The molecular formula is C14H27N3O2. The quantitative estimate of drug-likeness (QED) is 0.724. The highest BCUT2D eigenvalue weighted by Crippen LogP contribution is 2.28. The predicted octanol–water partition coefficient (Wildman–Crippen LogP) is 1.02. The summed E-state index contributed by atoms with van der Waals surface area (Å²) in [5, 5.41) is 3.04. The third kappa shape index (κ3) is 4.49. The largest absolute Gasteiger partial charge is 0.349 e. The number of carbonyl (C=O) groups excluding carboxylic acids is 2. The lowest BCUT2D eigenvalue weighted by atomic mass is 9.97. The summed E-state index contributed by atoms with van der Waals surface area (Å²) in [5.41, 5.74) is 5.56. The molecule has 5 nitrogen and oxygen atoms in total. The molecule has 1 fully saturated rings. The van der Waals surface area contributed by atoms with Crippen LogP contribution in [0.5, 0.6) is 0 Å². The Morgan fingerprint density at radius 3 is 2.21 bits per heavy atom. The van der Waals surface area contributed by atoms with Crippen LogP contribution in [0.3, 0.4) is 0 Å². The van der Waals surface area contributed by atoms with Gasteiger partial charge in [-0.15, -0.1) is 0 Å². The van der Waals surface area contributed by atoms with E-state index >= 15 is 0 Å². The molecule has 110 valence electrons. The average molecular weight is 269 g/mol. The Morgan fingerprint density at radius 2 is 1.74 bits per heavy atom. The summed E-state index contributed by atoms with van der Waals surface area (Å²) in [5.74, 6) is 0.00114. The van der Waals surface area contributed by atoms with Crippen LogP contribution in [0.1, 0.15) is 52.4 Å². The Kier molecular flexibility index (Phi) is 6.28. The van der Waals surface area contributed by atoms with Gasteiger partial charge in [0.1, 0.15) is 0 Å². The first-order valence-corrected chi connectivity index (χ1v) is 7.35. The van der Waals surface area contributed by atoms with Crippen molar-refractivity contribution in [2.75, 3.05) is 19.6 Å². The fourth-order valence-electron chi connectivity index (χ4n) is 2.75. The number of amides is 2. The van der Waals surface area contributed by atoms with Crippen LogP contribution in [-0.2, 0) is 9.59 Å². The molecule has 1 saturated carbocycles. The lowest BCUT2D eigenvalue weighted by Gasteiger charge is -2.28. The standard InChI is InChI=1S/C14H27N3O2/c1-3-17(4-2)13(19)8-7-12(18)16-14(11-15)9-5-6-10-14/h3-11,15H2,1-2H3,(H,16,18). The maximum atomic E-state index is 11.9. The molecule has 0 aliphatic heterocycles. The van der Waals surface area contributed by atoms with Crippen molar-refractivity contribution < 1.29 is 9.59 Å². The summed E-state index contributed by atoms with van der Waals surface area (Å²) in [4.78, 5) is 25.5. The number of hydrogen-bond donors (Lipinski definition) is 2. The van der Waals surface area contributed by atoms with E-state index in [1.54, 1.807) is 4.90 Å². The minimum absolute atomic E-state index is 0.0483. The lowest BCUT2D eigenvalue weighted by molar-refractivity contribution is -0.133. The number of nitrogens with two attached hydrogens (primary N) is 1. The van der Waals surface area contributed by atoms with E-state index in [2.05, 4.69) is 5.32 Å². The van der Waals surface area contributed by atoms with Crippen molar-refractivity contribution in [1.29, 1.82) is 0 Å². The maximum absolute atomic E-state index is 11.9.